The summed E-state index contributed by atoms with van der Waals surface area (Å²) in [6.07, 6.45) is 7.55. The highest BCUT2D eigenvalue weighted by molar-refractivity contribution is 7.10. The smallest absolute Gasteiger partial charge is 0.180 e. The lowest BCUT2D eigenvalue weighted by Crippen LogP contribution is -2.22. The molecule has 0 amide bonds. The largest absolute Gasteiger partial charge is 0.360 e. The van der Waals surface area contributed by atoms with Gasteiger partial charge in [0.15, 0.2) is 11.5 Å². The van der Waals surface area contributed by atoms with E-state index >= 15 is 0 Å². The number of nitrogens with zero attached hydrogens (tertiary/aromatic N) is 9. The maximum Gasteiger partial charge on any atom is 0.180 e. The highest BCUT2D eigenvalue weighted by atomic mass is 32.1. The standard InChI is InChI=1S/C20H26N10OSSi/c1-14-11-30-17(15-8-24-29(12-15)13-31-5-6-33(2,3)4)10-22-20(30)19(25-14)26-18-7-16(27-32-18)9-23-28-21/h7-8,10-12H,5-6,9,13H2,1-4H3,(H,25,26). The van der Waals surface area contributed by atoms with Gasteiger partial charge in [-0.3, -0.25) is 4.40 Å². The lowest BCUT2D eigenvalue weighted by Gasteiger charge is -2.15. The van der Waals surface area contributed by atoms with Gasteiger partial charge in [-0.05, 0) is 36.1 Å². The average Bonchev–Trinajstić information content (AvgIpc) is 3.48. The molecule has 0 saturated carbocycles. The molecule has 0 spiro atoms. The summed E-state index contributed by atoms with van der Waals surface area (Å²) in [5, 5.41) is 12.1. The zero-order chi connectivity index (χ0) is 23.4. The van der Waals surface area contributed by atoms with Gasteiger partial charge in [-0.1, -0.05) is 24.8 Å². The highest BCUT2D eigenvalue weighted by Gasteiger charge is 2.15. The summed E-state index contributed by atoms with van der Waals surface area (Å²) in [5.41, 5.74) is 12.6. The van der Waals surface area contributed by atoms with Gasteiger partial charge in [-0.2, -0.15) is 9.47 Å². The van der Waals surface area contributed by atoms with Crippen LogP contribution in [0.25, 0.3) is 27.3 Å². The molecule has 0 aliphatic heterocycles. The minimum absolute atomic E-state index is 0.213. The summed E-state index contributed by atoms with van der Waals surface area (Å²) in [6, 6.07) is 2.97. The van der Waals surface area contributed by atoms with Crippen LogP contribution in [0, 0.1) is 6.92 Å². The molecule has 0 unspecified atom stereocenters. The Bertz CT molecular complexity index is 1300. The van der Waals surface area contributed by atoms with Gasteiger partial charge in [0.2, 0.25) is 0 Å². The maximum atomic E-state index is 8.49. The Labute approximate surface area is 196 Å². The minimum Gasteiger partial charge on any atom is -0.360 e. The van der Waals surface area contributed by atoms with Gasteiger partial charge >= 0.3 is 0 Å². The molecule has 0 aliphatic carbocycles. The molecule has 13 heteroatoms. The molecule has 0 radical (unpaired) electrons. The third kappa shape index (κ3) is 5.76. The third-order valence-electron chi connectivity index (χ3n) is 4.86. The Morgan fingerprint density at radius 1 is 1.27 bits per heavy atom. The minimum atomic E-state index is -1.11. The number of imidazole rings is 1. The molecule has 0 fully saturated rings. The van der Waals surface area contributed by atoms with Crippen molar-refractivity contribution in [3.8, 4) is 11.3 Å². The van der Waals surface area contributed by atoms with Crippen molar-refractivity contribution in [2.24, 2.45) is 5.11 Å². The molecule has 4 heterocycles. The molecule has 172 valence electrons. The molecule has 0 atom stereocenters. The normalized spacial score (nSPS) is 11.6. The highest BCUT2D eigenvalue weighted by Crippen LogP contribution is 2.27. The number of aryl methyl sites for hydroxylation is 1. The van der Waals surface area contributed by atoms with Crippen LogP contribution in [0.15, 0.2) is 36.0 Å². The van der Waals surface area contributed by atoms with Gasteiger partial charge in [-0.15, -0.1) is 0 Å². The second-order valence-corrected chi connectivity index (χ2v) is 15.3. The van der Waals surface area contributed by atoms with Gasteiger partial charge in [0.25, 0.3) is 0 Å². The predicted octanol–water partition coefficient (Wildman–Crippen LogP) is 5.22. The fraction of sp³-hybridized carbons (Fsp3) is 0.400. The van der Waals surface area contributed by atoms with Crippen LogP contribution in [-0.4, -0.2) is 43.2 Å². The number of ether oxygens (including phenoxy) is 1. The Balaban J connectivity index is 1.52. The first-order valence-electron chi connectivity index (χ1n) is 10.5. The topological polar surface area (TPSA) is 131 Å². The summed E-state index contributed by atoms with van der Waals surface area (Å²) in [7, 11) is -1.11. The average molecular weight is 483 g/mol. The van der Waals surface area contributed by atoms with Crippen molar-refractivity contribution in [1.82, 2.24) is 28.5 Å². The molecule has 4 aromatic rings. The van der Waals surface area contributed by atoms with Gasteiger partial charge in [0, 0.05) is 37.5 Å². The van der Waals surface area contributed by atoms with E-state index in [1.807, 2.05) is 42.2 Å². The molecule has 0 aromatic carbocycles. The van der Waals surface area contributed by atoms with Crippen LogP contribution in [0.3, 0.4) is 0 Å². The number of nitrogens with one attached hydrogen (secondary N) is 1. The van der Waals surface area contributed by atoms with E-state index in [2.05, 4.69) is 54.4 Å². The second-order valence-electron chi connectivity index (χ2n) is 8.88. The molecule has 4 rings (SSSR count). The van der Waals surface area contributed by atoms with Crippen molar-refractivity contribution in [3.05, 3.63) is 52.7 Å². The van der Waals surface area contributed by atoms with Gasteiger partial charge in [0.05, 0.1) is 36.0 Å². The lowest BCUT2D eigenvalue weighted by molar-refractivity contribution is 0.0786. The van der Waals surface area contributed by atoms with Crippen LogP contribution in [0.1, 0.15) is 11.4 Å². The third-order valence-corrected chi connectivity index (χ3v) is 7.30. The predicted molar refractivity (Wildman–Crippen MR) is 131 cm³/mol. The monoisotopic (exact) mass is 482 g/mol. The number of rotatable bonds is 10. The van der Waals surface area contributed by atoms with Crippen LogP contribution in [0.2, 0.25) is 25.7 Å². The molecular weight excluding hydrogens is 456 g/mol. The number of fused-ring (bicyclic) bond motifs is 1. The van der Waals surface area contributed by atoms with E-state index in [-0.39, 0.29) is 6.54 Å². The van der Waals surface area contributed by atoms with Gasteiger partial charge < -0.3 is 10.1 Å². The summed E-state index contributed by atoms with van der Waals surface area (Å²) in [5.74, 6) is 0.627. The molecule has 1 N–H and O–H groups in total. The number of aromatic nitrogens is 6. The van der Waals surface area contributed by atoms with E-state index < -0.39 is 8.07 Å². The molecular formula is C20H26N10OSSi. The second kappa shape index (κ2) is 9.71. The summed E-state index contributed by atoms with van der Waals surface area (Å²) >= 11 is 1.28. The van der Waals surface area contributed by atoms with Crippen molar-refractivity contribution in [2.45, 2.75) is 45.9 Å². The fourth-order valence-electron chi connectivity index (χ4n) is 3.18. The molecule has 0 aliphatic rings. The molecule has 4 aromatic heterocycles. The van der Waals surface area contributed by atoms with E-state index in [0.29, 0.717) is 23.9 Å². The summed E-state index contributed by atoms with van der Waals surface area (Å²) in [4.78, 5) is 12.0. The van der Waals surface area contributed by atoms with Crippen LogP contribution >= 0.6 is 11.5 Å². The zero-order valence-corrected chi connectivity index (χ0v) is 20.9. The molecule has 33 heavy (non-hydrogen) atoms. The fourth-order valence-corrected chi connectivity index (χ4v) is 4.59. The summed E-state index contributed by atoms with van der Waals surface area (Å²) in [6.45, 7) is 10.3. The Morgan fingerprint density at radius 3 is 2.91 bits per heavy atom. The Morgan fingerprint density at radius 2 is 2.12 bits per heavy atom. The number of hydrogen-bond acceptors (Lipinski definition) is 8. The van der Waals surface area contributed by atoms with Gasteiger partial charge in [-0.25, -0.2) is 14.6 Å². The van der Waals surface area contributed by atoms with Crippen molar-refractivity contribution in [3.63, 3.8) is 0 Å². The number of anilines is 2. The van der Waals surface area contributed by atoms with E-state index in [0.717, 1.165) is 34.6 Å². The first-order chi connectivity index (χ1) is 15.8. The molecule has 0 bridgehead atoms. The van der Waals surface area contributed by atoms with Crippen LogP contribution in [0.5, 0.6) is 0 Å². The van der Waals surface area contributed by atoms with Crippen molar-refractivity contribution < 1.29 is 4.74 Å². The van der Waals surface area contributed by atoms with Crippen molar-refractivity contribution in [2.75, 3.05) is 11.9 Å². The van der Waals surface area contributed by atoms with E-state index in [1.54, 1.807) is 4.68 Å². The van der Waals surface area contributed by atoms with Gasteiger partial charge in [0.1, 0.15) is 11.7 Å². The molecule has 11 nitrogen and oxygen atoms in total. The summed E-state index contributed by atoms with van der Waals surface area (Å²) < 4.78 is 13.9. The quantitative estimate of drug-likeness (QED) is 0.108. The zero-order valence-electron chi connectivity index (χ0n) is 19.1. The first-order valence-corrected chi connectivity index (χ1v) is 15.0. The van der Waals surface area contributed by atoms with Crippen molar-refractivity contribution in [1.29, 1.82) is 0 Å². The van der Waals surface area contributed by atoms with Crippen LogP contribution in [-0.2, 0) is 18.0 Å². The Kier molecular flexibility index (Phi) is 6.74. The van der Waals surface area contributed by atoms with E-state index in [9.17, 15) is 0 Å². The molecule has 0 saturated heterocycles. The maximum absolute atomic E-state index is 8.49. The first kappa shape index (κ1) is 22.9. The number of hydrogen-bond donors (Lipinski definition) is 1. The van der Waals surface area contributed by atoms with Crippen LogP contribution in [0.4, 0.5) is 10.8 Å². The lowest BCUT2D eigenvalue weighted by atomic mass is 10.3. The SMILES string of the molecule is Cc1cn2c(-c3cnn(COCC[Si](C)(C)C)c3)cnc2c(Nc2cc(CN=[N+]=[N-])ns2)n1. The Hall–Kier alpha value is -3.25. The number of azide groups is 1. The van der Waals surface area contributed by atoms with Crippen molar-refractivity contribution >= 4 is 36.1 Å². The van der Waals surface area contributed by atoms with E-state index in [1.165, 1.54) is 11.5 Å². The van der Waals surface area contributed by atoms with E-state index in [4.69, 9.17) is 10.3 Å². The van der Waals surface area contributed by atoms with Crippen LogP contribution < -0.4 is 5.32 Å².